The molecule has 0 fully saturated rings. The van der Waals surface area contributed by atoms with Gasteiger partial charge in [-0.1, -0.05) is 34.1 Å². The van der Waals surface area contributed by atoms with E-state index in [1.807, 2.05) is 30.3 Å². The zero-order valence-corrected chi connectivity index (χ0v) is 12.1. The van der Waals surface area contributed by atoms with Crippen molar-refractivity contribution < 1.29 is 4.79 Å². The summed E-state index contributed by atoms with van der Waals surface area (Å²) in [6.45, 7) is 1.55. The molecule has 0 aliphatic rings. The van der Waals surface area contributed by atoms with E-state index in [9.17, 15) is 4.79 Å². The summed E-state index contributed by atoms with van der Waals surface area (Å²) in [5.74, 6) is -0.415. The van der Waals surface area contributed by atoms with Crippen molar-refractivity contribution in [2.24, 2.45) is 0 Å². The van der Waals surface area contributed by atoms with Gasteiger partial charge in [-0.15, -0.1) is 0 Å². The molecule has 2 aromatic carbocycles. The van der Waals surface area contributed by atoms with E-state index in [1.54, 1.807) is 19.1 Å². The second-order valence-electron chi connectivity index (χ2n) is 4.45. The van der Waals surface area contributed by atoms with Crippen LogP contribution >= 0.6 is 15.9 Å². The molecule has 98 valence electrons. The number of nitrogen functional groups attached to an aromatic ring is 2. The first-order valence-corrected chi connectivity index (χ1v) is 6.69. The Bertz CT molecular complexity index is 625. The fourth-order valence-electron chi connectivity index (χ4n) is 2.17. The van der Waals surface area contributed by atoms with Crippen LogP contribution in [0.5, 0.6) is 0 Å². The molecule has 0 amide bonds. The Morgan fingerprint density at radius 1 is 1.05 bits per heavy atom. The third kappa shape index (κ3) is 2.79. The molecule has 4 heteroatoms. The van der Waals surface area contributed by atoms with Crippen LogP contribution < -0.4 is 11.5 Å². The van der Waals surface area contributed by atoms with Crippen molar-refractivity contribution in [3.8, 4) is 0 Å². The zero-order chi connectivity index (χ0) is 14.0. The standard InChI is InChI=1S/C15H15BrN2O/c1-9(19)15(11-4-2-3-5-13(11)17)12-8-10(16)6-7-14(12)18/h2-8,15H,17-18H2,1H3. The summed E-state index contributed by atoms with van der Waals surface area (Å²) in [6, 6.07) is 12.9. The maximum atomic E-state index is 12.0. The van der Waals surface area contributed by atoms with Gasteiger partial charge >= 0.3 is 0 Å². The van der Waals surface area contributed by atoms with Crippen LogP contribution in [0, 0.1) is 0 Å². The van der Waals surface area contributed by atoms with E-state index >= 15 is 0 Å². The van der Waals surface area contributed by atoms with Crippen LogP contribution in [0.3, 0.4) is 0 Å². The fraction of sp³-hybridized carbons (Fsp3) is 0.133. The highest BCUT2D eigenvalue weighted by molar-refractivity contribution is 9.10. The van der Waals surface area contributed by atoms with E-state index in [1.165, 1.54) is 0 Å². The van der Waals surface area contributed by atoms with Crippen LogP contribution in [0.15, 0.2) is 46.9 Å². The van der Waals surface area contributed by atoms with Crippen LogP contribution in [-0.4, -0.2) is 5.78 Å². The van der Waals surface area contributed by atoms with Gasteiger partial charge in [0.1, 0.15) is 5.78 Å². The zero-order valence-electron chi connectivity index (χ0n) is 10.6. The Kier molecular flexibility index (Phi) is 3.90. The summed E-state index contributed by atoms with van der Waals surface area (Å²) in [7, 11) is 0. The SMILES string of the molecule is CC(=O)C(c1ccccc1N)c1cc(Br)ccc1N. The Labute approximate surface area is 120 Å². The highest BCUT2D eigenvalue weighted by atomic mass is 79.9. The van der Waals surface area contributed by atoms with Crippen molar-refractivity contribution in [2.75, 3.05) is 11.5 Å². The van der Waals surface area contributed by atoms with Crippen molar-refractivity contribution in [2.45, 2.75) is 12.8 Å². The molecule has 19 heavy (non-hydrogen) atoms. The van der Waals surface area contributed by atoms with Crippen LogP contribution in [0.4, 0.5) is 11.4 Å². The van der Waals surface area contributed by atoms with Crippen LogP contribution in [0.1, 0.15) is 24.0 Å². The average Bonchev–Trinajstić information content (AvgIpc) is 2.36. The summed E-state index contributed by atoms with van der Waals surface area (Å²) in [5, 5.41) is 0. The maximum Gasteiger partial charge on any atom is 0.141 e. The first kappa shape index (κ1) is 13.6. The van der Waals surface area contributed by atoms with Gasteiger partial charge in [0.25, 0.3) is 0 Å². The molecule has 0 heterocycles. The number of anilines is 2. The van der Waals surface area contributed by atoms with E-state index in [0.717, 1.165) is 15.6 Å². The molecule has 0 saturated heterocycles. The van der Waals surface area contributed by atoms with E-state index in [4.69, 9.17) is 11.5 Å². The quantitative estimate of drug-likeness (QED) is 0.853. The van der Waals surface area contributed by atoms with E-state index in [0.29, 0.717) is 11.4 Å². The smallest absolute Gasteiger partial charge is 0.141 e. The van der Waals surface area contributed by atoms with Gasteiger partial charge in [0.05, 0.1) is 5.92 Å². The predicted molar refractivity (Wildman–Crippen MR) is 81.9 cm³/mol. The maximum absolute atomic E-state index is 12.0. The molecule has 0 radical (unpaired) electrons. The van der Waals surface area contributed by atoms with Gasteiger partial charge in [0.2, 0.25) is 0 Å². The number of Topliss-reactive ketones (excluding diaryl/α,β-unsaturated/α-hetero) is 1. The Morgan fingerprint density at radius 3 is 2.32 bits per heavy atom. The van der Waals surface area contributed by atoms with Gasteiger partial charge in [-0.05, 0) is 42.3 Å². The molecule has 3 nitrogen and oxygen atoms in total. The molecular weight excluding hydrogens is 304 g/mol. The Hall–Kier alpha value is -1.81. The number of halogens is 1. The lowest BCUT2D eigenvalue weighted by Gasteiger charge is -2.19. The van der Waals surface area contributed by atoms with Crippen molar-refractivity contribution in [1.82, 2.24) is 0 Å². The number of carbonyl (C=O) groups excluding carboxylic acids is 1. The van der Waals surface area contributed by atoms with E-state index < -0.39 is 5.92 Å². The lowest BCUT2D eigenvalue weighted by atomic mass is 9.86. The second-order valence-corrected chi connectivity index (χ2v) is 5.36. The van der Waals surface area contributed by atoms with Crippen molar-refractivity contribution >= 4 is 33.1 Å². The topological polar surface area (TPSA) is 69.1 Å². The highest BCUT2D eigenvalue weighted by Crippen LogP contribution is 2.34. The van der Waals surface area contributed by atoms with Crippen molar-refractivity contribution in [1.29, 1.82) is 0 Å². The molecule has 0 saturated carbocycles. The van der Waals surface area contributed by atoms with Crippen LogP contribution in [0.2, 0.25) is 0 Å². The van der Waals surface area contributed by atoms with E-state index in [2.05, 4.69) is 15.9 Å². The fourth-order valence-corrected chi connectivity index (χ4v) is 2.55. The number of rotatable bonds is 3. The largest absolute Gasteiger partial charge is 0.398 e. The average molecular weight is 319 g/mol. The predicted octanol–water partition coefficient (Wildman–Crippen LogP) is 3.33. The molecule has 4 N–H and O–H groups in total. The number of hydrogen-bond donors (Lipinski definition) is 2. The number of hydrogen-bond acceptors (Lipinski definition) is 3. The molecule has 1 unspecified atom stereocenters. The Morgan fingerprint density at radius 2 is 1.68 bits per heavy atom. The minimum atomic E-state index is -0.432. The third-order valence-electron chi connectivity index (χ3n) is 3.07. The summed E-state index contributed by atoms with van der Waals surface area (Å²) in [5.41, 5.74) is 14.7. The van der Waals surface area contributed by atoms with E-state index in [-0.39, 0.29) is 5.78 Å². The number of benzene rings is 2. The van der Waals surface area contributed by atoms with Gasteiger partial charge in [0.15, 0.2) is 0 Å². The highest BCUT2D eigenvalue weighted by Gasteiger charge is 2.23. The second kappa shape index (κ2) is 5.45. The van der Waals surface area contributed by atoms with Crippen LogP contribution in [-0.2, 0) is 4.79 Å². The minimum absolute atomic E-state index is 0.0164. The molecule has 0 aliphatic carbocycles. The lowest BCUT2D eigenvalue weighted by molar-refractivity contribution is -0.117. The summed E-state index contributed by atoms with van der Waals surface area (Å²) < 4.78 is 0.887. The molecule has 1 atom stereocenters. The van der Waals surface area contributed by atoms with Gasteiger partial charge in [0, 0.05) is 15.8 Å². The van der Waals surface area contributed by atoms with Crippen molar-refractivity contribution in [3.05, 3.63) is 58.1 Å². The first-order valence-electron chi connectivity index (χ1n) is 5.90. The van der Waals surface area contributed by atoms with Gasteiger partial charge in [-0.25, -0.2) is 0 Å². The molecule has 0 bridgehead atoms. The molecular formula is C15H15BrN2O. The van der Waals surface area contributed by atoms with Crippen LogP contribution in [0.25, 0.3) is 0 Å². The van der Waals surface area contributed by atoms with Gasteiger partial charge in [-0.3, -0.25) is 4.79 Å². The summed E-state index contributed by atoms with van der Waals surface area (Å²) >= 11 is 3.41. The molecule has 0 aromatic heterocycles. The number of nitrogens with two attached hydrogens (primary N) is 2. The molecule has 2 aromatic rings. The molecule has 0 spiro atoms. The summed E-state index contributed by atoms with van der Waals surface area (Å²) in [6.07, 6.45) is 0. The first-order chi connectivity index (χ1) is 9.00. The number of ketones is 1. The van der Waals surface area contributed by atoms with Crippen molar-refractivity contribution in [3.63, 3.8) is 0 Å². The molecule has 2 rings (SSSR count). The Balaban J connectivity index is 2.62. The minimum Gasteiger partial charge on any atom is -0.398 e. The van der Waals surface area contributed by atoms with Gasteiger partial charge < -0.3 is 11.5 Å². The summed E-state index contributed by atoms with van der Waals surface area (Å²) in [4.78, 5) is 12.0. The number of carbonyl (C=O) groups is 1. The monoisotopic (exact) mass is 318 g/mol. The molecule has 0 aliphatic heterocycles. The van der Waals surface area contributed by atoms with Gasteiger partial charge in [-0.2, -0.15) is 0 Å². The normalized spacial score (nSPS) is 12.1. The lowest BCUT2D eigenvalue weighted by Crippen LogP contribution is -2.14. The third-order valence-corrected chi connectivity index (χ3v) is 3.57. The number of para-hydroxylation sites is 1.